The molecule has 4 rings (SSSR count). The lowest BCUT2D eigenvalue weighted by Crippen LogP contribution is -2.19. The maximum Gasteiger partial charge on any atom is 0.272 e. The van der Waals surface area contributed by atoms with E-state index in [1.807, 2.05) is 42.5 Å². The number of benzene rings is 2. The molecule has 0 radical (unpaired) electrons. The lowest BCUT2D eigenvalue weighted by atomic mass is 10.1. The zero-order chi connectivity index (χ0) is 18.8. The number of nitrogens with one attached hydrogen (secondary N) is 1. The molecular formula is C22H22ClN3O2. The number of carbonyl (C=O) groups excluding carboxylic acids is 2. The molecule has 5 nitrogen and oxygen atoms in total. The Labute approximate surface area is 170 Å². The van der Waals surface area contributed by atoms with E-state index < -0.39 is 0 Å². The molecule has 0 spiro atoms. The molecule has 28 heavy (non-hydrogen) atoms. The summed E-state index contributed by atoms with van der Waals surface area (Å²) in [5.41, 5.74) is 8.89. The highest BCUT2D eigenvalue weighted by Crippen LogP contribution is 2.39. The lowest BCUT2D eigenvalue weighted by molar-refractivity contribution is 0.0967. The van der Waals surface area contributed by atoms with E-state index in [0.29, 0.717) is 17.2 Å². The van der Waals surface area contributed by atoms with Crippen molar-refractivity contribution in [1.82, 2.24) is 4.57 Å². The van der Waals surface area contributed by atoms with Crippen LogP contribution in [0.1, 0.15) is 38.7 Å². The molecule has 1 amide bonds. The van der Waals surface area contributed by atoms with Gasteiger partial charge in [-0.3, -0.25) is 9.59 Å². The molecule has 1 fully saturated rings. The Kier molecular flexibility index (Phi) is 5.97. The first-order valence-electron chi connectivity index (χ1n) is 9.02. The van der Waals surface area contributed by atoms with Gasteiger partial charge in [-0.05, 0) is 36.2 Å². The summed E-state index contributed by atoms with van der Waals surface area (Å²) in [5.74, 6) is 0.165. The van der Waals surface area contributed by atoms with Gasteiger partial charge in [0.1, 0.15) is 5.69 Å². The SMILES string of the molecule is Cl.N[C@@H]1C[C@H]1c1ccc(NC(=O)c2cccn2CC(=O)c2ccccc2)cc1. The Bertz CT molecular complexity index is 967. The number of rotatable bonds is 6. The van der Waals surface area contributed by atoms with E-state index >= 15 is 0 Å². The third-order valence-electron chi connectivity index (χ3n) is 4.91. The van der Waals surface area contributed by atoms with Crippen LogP contribution < -0.4 is 11.1 Å². The monoisotopic (exact) mass is 395 g/mol. The van der Waals surface area contributed by atoms with Gasteiger partial charge in [-0.25, -0.2) is 0 Å². The number of ketones is 1. The van der Waals surface area contributed by atoms with Crippen LogP contribution in [0.3, 0.4) is 0 Å². The first-order valence-corrected chi connectivity index (χ1v) is 9.02. The van der Waals surface area contributed by atoms with E-state index in [4.69, 9.17) is 5.73 Å². The van der Waals surface area contributed by atoms with Gasteiger partial charge in [-0.15, -0.1) is 12.4 Å². The molecule has 1 saturated carbocycles. The van der Waals surface area contributed by atoms with Crippen LogP contribution in [0.25, 0.3) is 0 Å². The minimum atomic E-state index is -0.239. The zero-order valence-electron chi connectivity index (χ0n) is 15.2. The smallest absolute Gasteiger partial charge is 0.272 e. The van der Waals surface area contributed by atoms with Crippen molar-refractivity contribution >= 4 is 29.8 Å². The lowest BCUT2D eigenvalue weighted by Gasteiger charge is -2.10. The van der Waals surface area contributed by atoms with Crippen molar-refractivity contribution in [2.24, 2.45) is 5.73 Å². The maximum atomic E-state index is 12.6. The Balaban J connectivity index is 0.00000225. The Hall–Kier alpha value is -2.89. The van der Waals surface area contributed by atoms with E-state index in [0.717, 1.165) is 12.1 Å². The minimum Gasteiger partial charge on any atom is -0.336 e. The van der Waals surface area contributed by atoms with Crippen LogP contribution in [0.4, 0.5) is 5.69 Å². The second-order valence-electron chi connectivity index (χ2n) is 6.89. The molecule has 1 aromatic heterocycles. The zero-order valence-corrected chi connectivity index (χ0v) is 16.1. The summed E-state index contributed by atoms with van der Waals surface area (Å²) >= 11 is 0. The summed E-state index contributed by atoms with van der Waals surface area (Å²) in [6.07, 6.45) is 2.77. The van der Waals surface area contributed by atoms with Crippen LogP contribution in [0.5, 0.6) is 0 Å². The molecule has 3 N–H and O–H groups in total. The predicted octanol–water partition coefficient (Wildman–Crippen LogP) is 3.86. The van der Waals surface area contributed by atoms with E-state index in [-0.39, 0.29) is 36.7 Å². The highest BCUT2D eigenvalue weighted by molar-refractivity contribution is 6.04. The van der Waals surface area contributed by atoms with Crippen LogP contribution in [-0.4, -0.2) is 22.3 Å². The second kappa shape index (κ2) is 8.42. The third-order valence-corrected chi connectivity index (χ3v) is 4.91. The average molecular weight is 396 g/mol. The fourth-order valence-electron chi connectivity index (χ4n) is 3.23. The summed E-state index contributed by atoms with van der Waals surface area (Å²) in [6.45, 7) is 0.123. The summed E-state index contributed by atoms with van der Waals surface area (Å²) in [6, 6.07) is 20.6. The van der Waals surface area contributed by atoms with E-state index in [9.17, 15) is 9.59 Å². The average Bonchev–Trinajstić information content (AvgIpc) is 3.23. The first-order chi connectivity index (χ1) is 13.1. The Morgan fingerprint density at radius 2 is 1.68 bits per heavy atom. The van der Waals surface area contributed by atoms with Crippen molar-refractivity contribution in [2.45, 2.75) is 24.9 Å². The summed E-state index contributed by atoms with van der Waals surface area (Å²) < 4.78 is 1.67. The summed E-state index contributed by atoms with van der Waals surface area (Å²) in [7, 11) is 0. The van der Waals surface area contributed by atoms with E-state index in [2.05, 4.69) is 5.32 Å². The molecule has 144 valence electrons. The van der Waals surface area contributed by atoms with Gasteiger partial charge in [0.15, 0.2) is 5.78 Å². The number of anilines is 1. The number of carbonyl (C=O) groups is 2. The molecule has 1 aliphatic carbocycles. The van der Waals surface area contributed by atoms with Crippen LogP contribution in [0, 0.1) is 0 Å². The van der Waals surface area contributed by atoms with Gasteiger partial charge in [0, 0.05) is 29.4 Å². The quantitative estimate of drug-likeness (QED) is 0.622. The molecule has 2 atom stereocenters. The molecule has 1 heterocycles. The van der Waals surface area contributed by atoms with Crippen molar-refractivity contribution in [3.05, 3.63) is 89.7 Å². The molecule has 0 aliphatic heterocycles. The van der Waals surface area contributed by atoms with Gasteiger partial charge in [-0.2, -0.15) is 0 Å². The van der Waals surface area contributed by atoms with Crippen molar-refractivity contribution in [3.8, 4) is 0 Å². The molecule has 0 unspecified atom stereocenters. The number of aromatic nitrogens is 1. The number of Topliss-reactive ketones (excluding diaryl/α,β-unsaturated/α-hetero) is 1. The fourth-order valence-corrected chi connectivity index (χ4v) is 3.23. The summed E-state index contributed by atoms with van der Waals surface area (Å²) in [4.78, 5) is 25.1. The van der Waals surface area contributed by atoms with Crippen LogP contribution >= 0.6 is 12.4 Å². The molecular weight excluding hydrogens is 374 g/mol. The van der Waals surface area contributed by atoms with Gasteiger partial charge in [0.2, 0.25) is 0 Å². The molecule has 6 heteroatoms. The van der Waals surface area contributed by atoms with Gasteiger partial charge in [0.25, 0.3) is 5.91 Å². The largest absolute Gasteiger partial charge is 0.336 e. The number of hydrogen-bond acceptors (Lipinski definition) is 3. The van der Waals surface area contributed by atoms with Crippen molar-refractivity contribution in [3.63, 3.8) is 0 Å². The van der Waals surface area contributed by atoms with E-state index in [1.54, 1.807) is 35.0 Å². The van der Waals surface area contributed by atoms with Gasteiger partial charge in [0.05, 0.1) is 6.54 Å². The third kappa shape index (κ3) is 4.32. The molecule has 2 aromatic carbocycles. The predicted molar refractivity (Wildman–Crippen MR) is 112 cm³/mol. The maximum absolute atomic E-state index is 12.6. The molecule has 0 bridgehead atoms. The highest BCUT2D eigenvalue weighted by atomic mass is 35.5. The van der Waals surface area contributed by atoms with Crippen LogP contribution in [-0.2, 0) is 6.54 Å². The number of halogens is 1. The number of nitrogens with two attached hydrogens (primary N) is 1. The first kappa shape index (κ1) is 19.9. The number of nitrogens with zero attached hydrogens (tertiary/aromatic N) is 1. The Morgan fingerprint density at radius 1 is 1.00 bits per heavy atom. The van der Waals surface area contributed by atoms with Gasteiger partial charge >= 0.3 is 0 Å². The number of hydrogen-bond donors (Lipinski definition) is 2. The standard InChI is InChI=1S/C22H21N3O2.ClH/c23-19-13-18(19)15-8-10-17(11-9-15)24-22(27)20-7-4-12-25(20)14-21(26)16-5-2-1-3-6-16;/h1-12,18-19H,13-14,23H2,(H,24,27);1H/t18-,19+;/m0./s1. The fraction of sp³-hybridized carbons (Fsp3) is 0.182. The van der Waals surface area contributed by atoms with Gasteiger partial charge < -0.3 is 15.6 Å². The van der Waals surface area contributed by atoms with Crippen LogP contribution in [0.2, 0.25) is 0 Å². The molecule has 3 aromatic rings. The molecule has 0 saturated heterocycles. The Morgan fingerprint density at radius 3 is 2.32 bits per heavy atom. The minimum absolute atomic E-state index is 0. The van der Waals surface area contributed by atoms with E-state index in [1.165, 1.54) is 5.56 Å². The molecule has 1 aliphatic rings. The normalized spacial score (nSPS) is 17.5. The van der Waals surface area contributed by atoms with Crippen molar-refractivity contribution in [1.29, 1.82) is 0 Å². The van der Waals surface area contributed by atoms with Crippen molar-refractivity contribution < 1.29 is 9.59 Å². The highest BCUT2D eigenvalue weighted by Gasteiger charge is 2.34. The summed E-state index contributed by atoms with van der Waals surface area (Å²) in [5, 5.41) is 2.89. The van der Waals surface area contributed by atoms with Crippen LogP contribution in [0.15, 0.2) is 72.9 Å². The van der Waals surface area contributed by atoms with Gasteiger partial charge in [-0.1, -0.05) is 42.5 Å². The van der Waals surface area contributed by atoms with Crippen molar-refractivity contribution in [2.75, 3.05) is 5.32 Å². The topological polar surface area (TPSA) is 77.1 Å². The number of amides is 1. The second-order valence-corrected chi connectivity index (χ2v) is 6.89.